The Hall–Kier alpha value is -3.64. The van der Waals surface area contributed by atoms with Crippen LogP contribution in [0.5, 0.6) is 0 Å². The normalized spacial score (nSPS) is 18.0. The largest absolute Gasteiger partial charge is 0.436 e. The van der Waals surface area contributed by atoms with E-state index < -0.39 is 12.2 Å². The van der Waals surface area contributed by atoms with Crippen molar-refractivity contribution in [2.24, 2.45) is 0 Å². The first kappa shape index (κ1) is 32.3. The molecule has 2 saturated heterocycles. The molecule has 0 spiro atoms. The zero-order valence-corrected chi connectivity index (χ0v) is 28.5. The van der Waals surface area contributed by atoms with Gasteiger partial charge in [0.25, 0.3) is 5.91 Å². The van der Waals surface area contributed by atoms with Gasteiger partial charge in [0.1, 0.15) is 5.82 Å². The summed E-state index contributed by atoms with van der Waals surface area (Å²) in [5.41, 5.74) is 3.73. The smallest absolute Gasteiger partial charge is 0.410 e. The van der Waals surface area contributed by atoms with E-state index in [2.05, 4.69) is 42.1 Å². The van der Waals surface area contributed by atoms with Crippen molar-refractivity contribution in [3.63, 3.8) is 0 Å². The number of hydrogen-bond acceptors (Lipinski definition) is 5. The van der Waals surface area contributed by atoms with Crippen molar-refractivity contribution in [3.05, 3.63) is 92.6 Å². The lowest BCUT2D eigenvalue weighted by Gasteiger charge is -2.39. The van der Waals surface area contributed by atoms with E-state index in [-0.39, 0.29) is 30.2 Å². The summed E-state index contributed by atoms with van der Waals surface area (Å²) in [5, 5.41) is 3.03. The van der Waals surface area contributed by atoms with Crippen molar-refractivity contribution in [1.29, 1.82) is 0 Å². The summed E-state index contributed by atoms with van der Waals surface area (Å²) in [6.07, 6.45) is 0.742. The van der Waals surface area contributed by atoms with Gasteiger partial charge in [0.15, 0.2) is 6.10 Å². The number of fused-ring (bicyclic) bond motifs is 1. The van der Waals surface area contributed by atoms with Crippen LogP contribution >= 0.6 is 31.9 Å². The van der Waals surface area contributed by atoms with Gasteiger partial charge >= 0.3 is 12.1 Å². The van der Waals surface area contributed by atoms with Crippen LogP contribution in [0.2, 0.25) is 0 Å². The second-order valence-corrected chi connectivity index (χ2v) is 13.6. The standard InChI is InChI=1S/C34H36Br2FN5O4/c35-28-10-5-23(21-29(28)36)22-31(32(43)40-19-17-39(18-20-40)26-8-6-25(37)7-9-26)46-34(45)41-14-12-27(13-15-41)42-16-11-24-3-1-2-4-30(24)38-33(42)44/h1-10,21,27,31H,11-20,22H2,(H,38,44). The van der Waals surface area contributed by atoms with Crippen molar-refractivity contribution >= 4 is 61.3 Å². The van der Waals surface area contributed by atoms with E-state index in [1.165, 1.54) is 12.1 Å². The van der Waals surface area contributed by atoms with E-state index in [9.17, 15) is 18.8 Å². The van der Waals surface area contributed by atoms with Crippen LogP contribution in [0.15, 0.2) is 75.7 Å². The molecule has 3 aromatic rings. The fourth-order valence-corrected chi connectivity index (χ4v) is 7.07. The van der Waals surface area contributed by atoms with E-state index in [0.29, 0.717) is 58.7 Å². The molecule has 9 nitrogen and oxygen atoms in total. The molecule has 6 rings (SSSR count). The molecule has 12 heteroatoms. The van der Waals surface area contributed by atoms with Crippen LogP contribution in [0, 0.1) is 5.82 Å². The van der Waals surface area contributed by atoms with Crippen molar-refractivity contribution < 1.29 is 23.5 Å². The molecule has 3 aliphatic heterocycles. The first-order chi connectivity index (χ1) is 22.2. The maximum Gasteiger partial charge on any atom is 0.410 e. The second-order valence-electron chi connectivity index (χ2n) is 11.9. The van der Waals surface area contributed by atoms with Crippen LogP contribution in [-0.2, 0) is 22.4 Å². The first-order valence-electron chi connectivity index (χ1n) is 15.6. The Labute approximate surface area is 284 Å². The molecule has 3 aromatic carbocycles. The number of carbonyl (C=O) groups is 3. The quantitative estimate of drug-likeness (QED) is 0.319. The highest BCUT2D eigenvalue weighted by molar-refractivity contribution is 9.13. The van der Waals surface area contributed by atoms with Crippen molar-refractivity contribution in [3.8, 4) is 0 Å². The molecule has 0 aliphatic carbocycles. The predicted molar refractivity (Wildman–Crippen MR) is 181 cm³/mol. The van der Waals surface area contributed by atoms with Gasteiger partial charge in [0.2, 0.25) is 0 Å². The van der Waals surface area contributed by atoms with Crippen LogP contribution in [0.4, 0.5) is 25.4 Å². The number of halogens is 3. The van der Waals surface area contributed by atoms with Gasteiger partial charge < -0.3 is 29.7 Å². The third-order valence-electron chi connectivity index (χ3n) is 9.01. The average Bonchev–Trinajstić information content (AvgIpc) is 3.24. The number of likely N-dealkylation sites (tertiary alicyclic amines) is 1. The number of anilines is 2. The maximum atomic E-state index is 13.9. The predicted octanol–water partition coefficient (Wildman–Crippen LogP) is 6.30. The minimum absolute atomic E-state index is 0.00769. The number of amides is 4. The highest BCUT2D eigenvalue weighted by Gasteiger charge is 2.35. The summed E-state index contributed by atoms with van der Waals surface area (Å²) in [6, 6.07) is 19.8. The number of nitrogens with zero attached hydrogens (tertiary/aromatic N) is 4. The molecule has 0 bridgehead atoms. The SMILES string of the molecule is O=C(OC(Cc1ccc(Br)c(Br)c1)C(=O)N1CCN(c2ccc(F)cc2)CC1)N1CCC(N2CCc3ccccc3NC2=O)CC1. The van der Waals surface area contributed by atoms with E-state index in [1.807, 2.05) is 47.4 Å². The highest BCUT2D eigenvalue weighted by Crippen LogP contribution is 2.27. The van der Waals surface area contributed by atoms with Gasteiger partial charge in [0, 0.05) is 78.6 Å². The molecular formula is C34H36Br2FN5O4. The van der Waals surface area contributed by atoms with E-state index in [0.717, 1.165) is 37.9 Å². The van der Waals surface area contributed by atoms with Gasteiger partial charge in [-0.2, -0.15) is 0 Å². The first-order valence-corrected chi connectivity index (χ1v) is 17.2. The number of piperazine rings is 1. The van der Waals surface area contributed by atoms with Gasteiger partial charge in [-0.15, -0.1) is 0 Å². The average molecular weight is 757 g/mol. The molecule has 0 aromatic heterocycles. The monoisotopic (exact) mass is 755 g/mol. The molecule has 3 aliphatic rings. The third-order valence-corrected chi connectivity index (χ3v) is 10.9. The number of rotatable bonds is 6. The van der Waals surface area contributed by atoms with E-state index >= 15 is 0 Å². The molecule has 3 heterocycles. The summed E-state index contributed by atoms with van der Waals surface area (Å²) in [7, 11) is 0. The maximum absolute atomic E-state index is 13.9. The Morgan fingerprint density at radius 1 is 0.870 bits per heavy atom. The van der Waals surface area contributed by atoms with Gasteiger partial charge in [-0.1, -0.05) is 24.3 Å². The number of carbonyl (C=O) groups excluding carboxylic acids is 3. The minimum Gasteiger partial charge on any atom is -0.436 e. The summed E-state index contributed by atoms with van der Waals surface area (Å²) in [6.45, 7) is 3.58. The molecule has 0 saturated carbocycles. The molecule has 0 radical (unpaired) electrons. The summed E-state index contributed by atoms with van der Waals surface area (Å²) in [4.78, 5) is 47.8. The lowest BCUT2D eigenvalue weighted by molar-refractivity contribution is -0.141. The number of benzene rings is 3. The minimum atomic E-state index is -0.995. The fourth-order valence-electron chi connectivity index (χ4n) is 6.40. The van der Waals surface area contributed by atoms with E-state index in [4.69, 9.17) is 4.74 Å². The molecule has 242 valence electrons. The Bertz CT molecular complexity index is 1580. The molecule has 46 heavy (non-hydrogen) atoms. The van der Waals surface area contributed by atoms with Crippen molar-refractivity contribution in [1.82, 2.24) is 14.7 Å². The Kier molecular flexibility index (Phi) is 10.1. The second kappa shape index (κ2) is 14.4. The van der Waals surface area contributed by atoms with Gasteiger partial charge in [-0.25, -0.2) is 14.0 Å². The number of hydrogen-bond donors (Lipinski definition) is 1. The lowest BCUT2D eigenvalue weighted by atomic mass is 10.0. The van der Waals surface area contributed by atoms with Crippen LogP contribution in [0.25, 0.3) is 0 Å². The van der Waals surface area contributed by atoms with Crippen LogP contribution in [-0.4, -0.2) is 90.7 Å². The van der Waals surface area contributed by atoms with Crippen LogP contribution in [0.1, 0.15) is 24.0 Å². The number of urea groups is 1. The molecular weight excluding hydrogens is 721 g/mol. The molecule has 2 fully saturated rings. The summed E-state index contributed by atoms with van der Waals surface area (Å²) >= 11 is 7.02. The van der Waals surface area contributed by atoms with Crippen LogP contribution < -0.4 is 10.2 Å². The highest BCUT2D eigenvalue weighted by atomic mass is 79.9. The number of ether oxygens (including phenoxy) is 1. The van der Waals surface area contributed by atoms with Crippen LogP contribution in [0.3, 0.4) is 0 Å². The summed E-state index contributed by atoms with van der Waals surface area (Å²) < 4.78 is 21.1. The third kappa shape index (κ3) is 7.49. The summed E-state index contributed by atoms with van der Waals surface area (Å²) in [5.74, 6) is -0.522. The Morgan fingerprint density at radius 3 is 2.30 bits per heavy atom. The van der Waals surface area contributed by atoms with Gasteiger partial charge in [0.05, 0.1) is 0 Å². The van der Waals surface area contributed by atoms with E-state index in [1.54, 1.807) is 21.9 Å². The molecule has 1 atom stereocenters. The fraction of sp³-hybridized carbons (Fsp3) is 0.382. The molecule has 1 unspecified atom stereocenters. The van der Waals surface area contributed by atoms with Crippen molar-refractivity contribution in [2.75, 3.05) is 56.0 Å². The topological polar surface area (TPSA) is 85.4 Å². The lowest BCUT2D eigenvalue weighted by Crippen LogP contribution is -2.54. The van der Waals surface area contributed by atoms with Gasteiger partial charge in [-0.3, -0.25) is 4.79 Å². The number of para-hydroxylation sites is 1. The molecule has 1 N–H and O–H groups in total. The Balaban J connectivity index is 1.08. The number of piperidine rings is 1. The Morgan fingerprint density at radius 2 is 1.59 bits per heavy atom. The number of nitrogens with one attached hydrogen (secondary N) is 1. The van der Waals surface area contributed by atoms with Crippen molar-refractivity contribution in [2.45, 2.75) is 37.8 Å². The zero-order chi connectivity index (χ0) is 32.2. The zero-order valence-electron chi connectivity index (χ0n) is 25.3. The molecule has 4 amide bonds. The van der Waals surface area contributed by atoms with Gasteiger partial charge in [-0.05, 0) is 105 Å².